The van der Waals surface area contributed by atoms with Crippen LogP contribution in [0.15, 0.2) is 53.9 Å². The molecule has 0 bridgehead atoms. The number of nitrogens with zero attached hydrogens (tertiary/aromatic N) is 3. The van der Waals surface area contributed by atoms with Crippen LogP contribution in [-0.4, -0.2) is 26.0 Å². The average molecular weight is 470 g/mol. The van der Waals surface area contributed by atoms with Gasteiger partial charge in [0.1, 0.15) is 11.0 Å². The number of benzene rings is 2. The molecule has 2 heterocycles. The van der Waals surface area contributed by atoms with Crippen LogP contribution in [0.1, 0.15) is 35.0 Å². The topological polar surface area (TPSA) is 71.8 Å². The van der Waals surface area contributed by atoms with Gasteiger partial charge in [0.15, 0.2) is 5.11 Å². The third-order valence-electron chi connectivity index (χ3n) is 4.68. The SMILES string of the molecule is CCCCc1ccc(-n2nc3cc(Cl)c(NC(=S)NC(=O)c4cccs4)cc3n2)cc1. The van der Waals surface area contributed by atoms with Gasteiger partial charge in [-0.25, -0.2) is 0 Å². The van der Waals surface area contributed by atoms with Crippen LogP contribution in [0, 0.1) is 0 Å². The van der Waals surface area contributed by atoms with Crippen molar-refractivity contribution in [3.63, 3.8) is 0 Å². The molecule has 2 aromatic carbocycles. The molecule has 0 radical (unpaired) electrons. The molecular weight excluding hydrogens is 450 g/mol. The molecule has 4 rings (SSSR count). The van der Waals surface area contributed by atoms with Gasteiger partial charge >= 0.3 is 0 Å². The first kappa shape index (κ1) is 21.4. The highest BCUT2D eigenvalue weighted by molar-refractivity contribution is 7.80. The molecule has 0 aliphatic rings. The van der Waals surface area contributed by atoms with E-state index in [0.29, 0.717) is 26.6 Å². The predicted molar refractivity (Wildman–Crippen MR) is 130 cm³/mol. The van der Waals surface area contributed by atoms with E-state index < -0.39 is 0 Å². The third-order valence-corrected chi connectivity index (χ3v) is 6.06. The molecule has 0 aliphatic heterocycles. The van der Waals surface area contributed by atoms with Crippen LogP contribution < -0.4 is 10.6 Å². The number of amides is 1. The lowest BCUT2D eigenvalue weighted by atomic mass is 10.1. The molecule has 1 amide bonds. The van der Waals surface area contributed by atoms with Crippen molar-refractivity contribution < 1.29 is 4.79 Å². The van der Waals surface area contributed by atoms with Gasteiger partial charge in [-0.15, -0.1) is 21.5 Å². The van der Waals surface area contributed by atoms with E-state index in [0.717, 1.165) is 12.1 Å². The Morgan fingerprint density at radius 2 is 1.90 bits per heavy atom. The summed E-state index contributed by atoms with van der Waals surface area (Å²) in [6.07, 6.45) is 3.41. The molecule has 0 fully saturated rings. The van der Waals surface area contributed by atoms with Crippen molar-refractivity contribution in [2.45, 2.75) is 26.2 Å². The summed E-state index contributed by atoms with van der Waals surface area (Å²) in [5, 5.41) is 17.1. The fraction of sp³-hybridized carbons (Fsp3) is 0.182. The normalized spacial score (nSPS) is 10.9. The predicted octanol–water partition coefficient (Wildman–Crippen LogP) is 5.60. The van der Waals surface area contributed by atoms with Gasteiger partial charge in [-0.05, 0) is 66.3 Å². The zero-order valence-corrected chi connectivity index (χ0v) is 19.2. The van der Waals surface area contributed by atoms with Crippen LogP contribution in [0.5, 0.6) is 0 Å². The van der Waals surface area contributed by atoms with Crippen LogP contribution in [0.25, 0.3) is 16.7 Å². The zero-order chi connectivity index (χ0) is 21.8. The molecule has 158 valence electrons. The second-order valence-corrected chi connectivity index (χ2v) is 8.73. The van der Waals surface area contributed by atoms with Crippen molar-refractivity contribution >= 4 is 62.9 Å². The minimum atomic E-state index is -0.266. The Hall–Kier alpha value is -2.81. The molecule has 0 spiro atoms. The number of fused-ring (bicyclic) bond motifs is 1. The van der Waals surface area contributed by atoms with Crippen LogP contribution in [0.4, 0.5) is 5.69 Å². The summed E-state index contributed by atoms with van der Waals surface area (Å²) < 4.78 is 0. The quantitative estimate of drug-likeness (QED) is 0.359. The first-order valence-corrected chi connectivity index (χ1v) is 11.5. The first-order chi connectivity index (χ1) is 15.0. The molecule has 9 heteroatoms. The van der Waals surface area contributed by atoms with Crippen LogP contribution in [0.2, 0.25) is 5.02 Å². The number of anilines is 1. The molecule has 4 aromatic rings. The van der Waals surface area contributed by atoms with Crippen molar-refractivity contribution in [3.8, 4) is 5.69 Å². The summed E-state index contributed by atoms with van der Waals surface area (Å²) in [6, 6.07) is 15.3. The highest BCUT2D eigenvalue weighted by Crippen LogP contribution is 2.27. The number of rotatable bonds is 6. The maximum atomic E-state index is 12.2. The van der Waals surface area contributed by atoms with Gasteiger partial charge in [0.2, 0.25) is 0 Å². The lowest BCUT2D eigenvalue weighted by Gasteiger charge is -2.10. The molecule has 2 N–H and O–H groups in total. The van der Waals surface area contributed by atoms with Crippen molar-refractivity contribution in [3.05, 3.63) is 69.4 Å². The monoisotopic (exact) mass is 469 g/mol. The number of thiophene rings is 1. The Kier molecular flexibility index (Phi) is 6.60. The number of hydrogen-bond acceptors (Lipinski definition) is 5. The number of carbonyl (C=O) groups excluding carboxylic acids is 1. The number of thiocarbonyl (C=S) groups is 1. The standard InChI is InChI=1S/C22H20ClN5OS2/c1-2-3-5-14-7-9-15(10-8-14)28-26-18-12-16(23)17(13-19(18)27-28)24-22(30)25-21(29)20-6-4-11-31-20/h4,6-13H,2-3,5H2,1H3,(H2,24,25,29,30). The summed E-state index contributed by atoms with van der Waals surface area (Å²) in [5.41, 5.74) is 4.05. The lowest BCUT2D eigenvalue weighted by molar-refractivity contribution is 0.0981. The molecule has 0 atom stereocenters. The van der Waals surface area contributed by atoms with E-state index in [4.69, 9.17) is 23.8 Å². The maximum absolute atomic E-state index is 12.2. The van der Waals surface area contributed by atoms with E-state index in [1.807, 2.05) is 23.6 Å². The van der Waals surface area contributed by atoms with E-state index in [9.17, 15) is 4.79 Å². The van der Waals surface area contributed by atoms with Crippen molar-refractivity contribution in [2.24, 2.45) is 0 Å². The largest absolute Gasteiger partial charge is 0.331 e. The molecule has 2 aromatic heterocycles. The van der Waals surface area contributed by atoms with Gasteiger partial charge in [-0.2, -0.15) is 4.80 Å². The number of nitrogens with one attached hydrogen (secondary N) is 2. The molecule has 0 aliphatic carbocycles. The summed E-state index contributed by atoms with van der Waals surface area (Å²) in [7, 11) is 0. The fourth-order valence-electron chi connectivity index (χ4n) is 3.05. The van der Waals surface area contributed by atoms with Crippen molar-refractivity contribution in [2.75, 3.05) is 5.32 Å². The van der Waals surface area contributed by atoms with Gasteiger partial charge in [0, 0.05) is 0 Å². The first-order valence-electron chi connectivity index (χ1n) is 9.85. The minimum absolute atomic E-state index is 0.162. The second kappa shape index (κ2) is 9.55. The summed E-state index contributed by atoms with van der Waals surface area (Å²) in [5.74, 6) is -0.266. The van der Waals surface area contributed by atoms with Crippen molar-refractivity contribution in [1.82, 2.24) is 20.3 Å². The molecular formula is C22H20ClN5OS2. The zero-order valence-electron chi connectivity index (χ0n) is 16.8. The van der Waals surface area contributed by atoms with E-state index in [-0.39, 0.29) is 11.0 Å². The van der Waals surface area contributed by atoms with Crippen molar-refractivity contribution in [1.29, 1.82) is 0 Å². The number of unbranched alkanes of at least 4 members (excludes halogenated alkanes) is 1. The van der Waals surface area contributed by atoms with E-state index in [2.05, 4.69) is 39.9 Å². The number of aromatic nitrogens is 3. The summed E-state index contributed by atoms with van der Waals surface area (Å²) in [6.45, 7) is 2.19. The highest BCUT2D eigenvalue weighted by Gasteiger charge is 2.13. The Morgan fingerprint density at radius 1 is 1.16 bits per heavy atom. The molecule has 0 saturated heterocycles. The van der Waals surface area contributed by atoms with Gasteiger partial charge in [0.25, 0.3) is 5.91 Å². The Morgan fingerprint density at radius 3 is 2.58 bits per heavy atom. The third kappa shape index (κ3) is 5.10. The molecule has 0 unspecified atom stereocenters. The van der Waals surface area contributed by atoms with Gasteiger partial charge < -0.3 is 5.32 Å². The Labute approximate surface area is 194 Å². The van der Waals surface area contributed by atoms with Crippen LogP contribution in [-0.2, 0) is 6.42 Å². The van der Waals surface area contributed by atoms with E-state index in [1.54, 1.807) is 23.0 Å². The van der Waals surface area contributed by atoms with E-state index in [1.165, 1.54) is 29.7 Å². The van der Waals surface area contributed by atoms with Gasteiger partial charge in [-0.1, -0.05) is 43.1 Å². The van der Waals surface area contributed by atoms with E-state index >= 15 is 0 Å². The number of halogens is 1. The molecule has 31 heavy (non-hydrogen) atoms. The van der Waals surface area contributed by atoms with Gasteiger partial charge in [0.05, 0.1) is 21.3 Å². The maximum Gasteiger partial charge on any atom is 0.267 e. The van der Waals surface area contributed by atoms with Crippen LogP contribution >= 0.6 is 35.2 Å². The second-order valence-electron chi connectivity index (χ2n) is 6.97. The summed E-state index contributed by atoms with van der Waals surface area (Å²) in [4.78, 5) is 14.3. The lowest BCUT2D eigenvalue weighted by Crippen LogP contribution is -2.33. The Balaban J connectivity index is 1.50. The van der Waals surface area contributed by atoms with Gasteiger partial charge in [-0.3, -0.25) is 10.1 Å². The number of aryl methyl sites for hydroxylation is 1. The Bertz CT molecular complexity index is 1220. The summed E-state index contributed by atoms with van der Waals surface area (Å²) >= 11 is 13.0. The highest BCUT2D eigenvalue weighted by atomic mass is 35.5. The number of hydrogen-bond donors (Lipinski definition) is 2. The molecule has 6 nitrogen and oxygen atoms in total. The fourth-order valence-corrected chi connectivity index (χ4v) is 4.08. The number of carbonyl (C=O) groups is 1. The smallest absolute Gasteiger partial charge is 0.267 e. The van der Waals surface area contributed by atoms with Crippen LogP contribution in [0.3, 0.4) is 0 Å². The minimum Gasteiger partial charge on any atom is -0.331 e. The average Bonchev–Trinajstić information content (AvgIpc) is 3.43. The molecule has 0 saturated carbocycles.